The number of para-hydroxylation sites is 1. The van der Waals surface area contributed by atoms with Crippen LogP contribution in [0, 0.1) is 6.92 Å². The van der Waals surface area contributed by atoms with Gasteiger partial charge >= 0.3 is 6.18 Å². The molecule has 3 heterocycles. The molecule has 4 N–H and O–H groups in total. The number of benzene rings is 2. The number of aromatic nitrogens is 5. The third kappa shape index (κ3) is 2.87. The van der Waals surface area contributed by atoms with Crippen LogP contribution >= 0.6 is 0 Å². The second-order valence-electron chi connectivity index (χ2n) is 7.09. The summed E-state index contributed by atoms with van der Waals surface area (Å²) >= 11 is 0. The van der Waals surface area contributed by atoms with Gasteiger partial charge in [0.2, 0.25) is 0 Å². The van der Waals surface area contributed by atoms with Gasteiger partial charge in [-0.2, -0.15) is 17.7 Å². The molecule has 0 saturated heterocycles. The Bertz CT molecular complexity index is 1510. The summed E-state index contributed by atoms with van der Waals surface area (Å²) in [6.45, 7) is 1.56. The van der Waals surface area contributed by atoms with Gasteiger partial charge in [-0.3, -0.25) is 9.89 Å². The van der Waals surface area contributed by atoms with Crippen LogP contribution in [0.3, 0.4) is 0 Å². The molecule has 0 radical (unpaired) electrons. The van der Waals surface area contributed by atoms with E-state index >= 15 is 0 Å². The SMILES string of the molecule is Cc1nc2c(-c3ccccc3)c(C(F)(F)F)[nH]n2c(=O)c1-c1nc2c(N)cccc2[nH]1. The molecule has 0 saturated carbocycles. The Balaban J connectivity index is 1.84. The van der Waals surface area contributed by atoms with Gasteiger partial charge in [0.15, 0.2) is 5.65 Å². The monoisotopic (exact) mass is 424 g/mol. The minimum absolute atomic E-state index is 0.0580. The normalized spacial score (nSPS) is 12.1. The molecule has 0 amide bonds. The number of halogens is 3. The fourth-order valence-corrected chi connectivity index (χ4v) is 3.71. The van der Waals surface area contributed by atoms with Crippen LogP contribution in [0.15, 0.2) is 53.3 Å². The molecule has 0 aliphatic rings. The van der Waals surface area contributed by atoms with Crippen molar-refractivity contribution in [2.45, 2.75) is 13.1 Å². The van der Waals surface area contributed by atoms with E-state index < -0.39 is 17.4 Å². The molecule has 0 spiro atoms. The minimum atomic E-state index is -4.72. The van der Waals surface area contributed by atoms with E-state index in [4.69, 9.17) is 5.73 Å². The van der Waals surface area contributed by atoms with Crippen LogP contribution < -0.4 is 11.3 Å². The van der Waals surface area contributed by atoms with Crippen molar-refractivity contribution in [3.8, 4) is 22.5 Å². The maximum Gasteiger partial charge on any atom is 0.433 e. The summed E-state index contributed by atoms with van der Waals surface area (Å²) in [7, 11) is 0. The number of H-pyrrole nitrogens is 2. The van der Waals surface area contributed by atoms with Gasteiger partial charge in [-0.15, -0.1) is 0 Å². The minimum Gasteiger partial charge on any atom is -0.397 e. The largest absolute Gasteiger partial charge is 0.433 e. The molecule has 5 rings (SSSR count). The molecular weight excluding hydrogens is 409 g/mol. The average molecular weight is 424 g/mol. The summed E-state index contributed by atoms with van der Waals surface area (Å²) in [4.78, 5) is 25.0. The molecule has 7 nitrogen and oxygen atoms in total. The van der Waals surface area contributed by atoms with E-state index in [1.54, 1.807) is 43.3 Å². The van der Waals surface area contributed by atoms with Gasteiger partial charge in [-0.05, 0) is 24.6 Å². The Kier molecular flexibility index (Phi) is 3.94. The number of rotatable bonds is 2. The van der Waals surface area contributed by atoms with Crippen molar-refractivity contribution < 1.29 is 13.2 Å². The first-order chi connectivity index (χ1) is 14.8. The van der Waals surface area contributed by atoms with Crippen molar-refractivity contribution in [1.29, 1.82) is 0 Å². The van der Waals surface area contributed by atoms with E-state index in [-0.39, 0.29) is 28.3 Å². The van der Waals surface area contributed by atoms with Gasteiger partial charge in [-0.25, -0.2) is 9.97 Å². The number of anilines is 1. The van der Waals surface area contributed by atoms with E-state index in [0.717, 1.165) is 4.52 Å². The lowest BCUT2D eigenvalue weighted by Crippen LogP contribution is -2.20. The maximum atomic E-state index is 13.8. The summed E-state index contributed by atoms with van der Waals surface area (Å²) in [5.74, 6) is 0.182. The fourth-order valence-electron chi connectivity index (χ4n) is 3.71. The Morgan fingerprint density at radius 2 is 1.74 bits per heavy atom. The van der Waals surface area contributed by atoms with Gasteiger partial charge in [0.1, 0.15) is 22.6 Å². The van der Waals surface area contributed by atoms with Crippen molar-refractivity contribution in [2.75, 3.05) is 5.73 Å². The highest BCUT2D eigenvalue weighted by molar-refractivity contribution is 5.89. The number of nitrogens with zero attached hydrogens (tertiary/aromatic N) is 3. The number of nitrogens with one attached hydrogen (secondary N) is 2. The highest BCUT2D eigenvalue weighted by Crippen LogP contribution is 2.38. The van der Waals surface area contributed by atoms with Crippen molar-refractivity contribution in [2.24, 2.45) is 0 Å². The highest BCUT2D eigenvalue weighted by Gasteiger charge is 2.38. The van der Waals surface area contributed by atoms with E-state index in [1.165, 1.54) is 12.1 Å². The molecule has 10 heteroatoms. The molecule has 0 fully saturated rings. The van der Waals surface area contributed by atoms with E-state index in [1.807, 2.05) is 0 Å². The molecule has 2 aromatic carbocycles. The van der Waals surface area contributed by atoms with Crippen LogP contribution in [0.2, 0.25) is 0 Å². The molecule has 0 atom stereocenters. The molecule has 0 aliphatic heterocycles. The van der Waals surface area contributed by atoms with E-state index in [9.17, 15) is 18.0 Å². The van der Waals surface area contributed by atoms with Gasteiger partial charge in [-0.1, -0.05) is 36.4 Å². The number of imidazole rings is 1. The van der Waals surface area contributed by atoms with Crippen LogP contribution in [0.4, 0.5) is 18.9 Å². The molecule has 0 bridgehead atoms. The number of alkyl halides is 3. The predicted octanol–water partition coefficient (Wildman–Crippen LogP) is 4.14. The summed E-state index contributed by atoms with van der Waals surface area (Å²) in [6, 6.07) is 13.2. The Hall–Kier alpha value is -4.08. The molecule has 5 aromatic rings. The van der Waals surface area contributed by atoms with E-state index in [2.05, 4.69) is 20.1 Å². The number of nitrogens with two attached hydrogens (primary N) is 1. The zero-order chi connectivity index (χ0) is 21.9. The third-order valence-electron chi connectivity index (χ3n) is 5.09. The van der Waals surface area contributed by atoms with Gasteiger partial charge in [0, 0.05) is 0 Å². The Labute approximate surface area is 172 Å². The van der Waals surface area contributed by atoms with Crippen molar-refractivity contribution in [1.82, 2.24) is 24.6 Å². The maximum absolute atomic E-state index is 13.8. The number of nitrogen functional groups attached to an aromatic ring is 1. The van der Waals surface area contributed by atoms with E-state index in [0.29, 0.717) is 22.3 Å². The zero-order valence-corrected chi connectivity index (χ0v) is 16.1. The standard InChI is InChI=1S/C21H15F3N6O/c1-10-14(18-27-13-9-5-8-12(25)16(13)28-18)20(31)30-19(26-10)15(11-6-3-2-4-7-11)17(29-30)21(22,23)24/h2-9,29H,25H2,1H3,(H,27,28). The van der Waals surface area contributed by atoms with Crippen molar-refractivity contribution >= 4 is 22.4 Å². The number of hydrogen-bond acceptors (Lipinski definition) is 4. The molecule has 3 aromatic heterocycles. The quantitative estimate of drug-likeness (QED) is 0.370. The fraction of sp³-hybridized carbons (Fsp3) is 0.0952. The average Bonchev–Trinajstić information content (AvgIpc) is 3.31. The lowest BCUT2D eigenvalue weighted by Gasteiger charge is -2.07. The third-order valence-corrected chi connectivity index (χ3v) is 5.09. The summed E-state index contributed by atoms with van der Waals surface area (Å²) in [5, 5.41) is 2.20. The second-order valence-corrected chi connectivity index (χ2v) is 7.09. The van der Waals surface area contributed by atoms with Crippen molar-refractivity contribution in [3.05, 3.63) is 70.3 Å². The topological polar surface area (TPSA) is 105 Å². The van der Waals surface area contributed by atoms with Crippen LogP contribution in [0.5, 0.6) is 0 Å². The zero-order valence-electron chi connectivity index (χ0n) is 16.1. The number of aryl methyl sites for hydroxylation is 1. The lowest BCUT2D eigenvalue weighted by molar-refractivity contribution is -0.140. The molecule has 0 aliphatic carbocycles. The Morgan fingerprint density at radius 1 is 1.00 bits per heavy atom. The van der Waals surface area contributed by atoms with Crippen LogP contribution in [-0.4, -0.2) is 24.6 Å². The summed E-state index contributed by atoms with van der Waals surface area (Å²) < 4.78 is 42.2. The van der Waals surface area contributed by atoms with Crippen LogP contribution in [0.25, 0.3) is 39.2 Å². The first kappa shape index (κ1) is 18.9. The van der Waals surface area contributed by atoms with Crippen LogP contribution in [-0.2, 0) is 6.18 Å². The van der Waals surface area contributed by atoms with Crippen molar-refractivity contribution in [3.63, 3.8) is 0 Å². The van der Waals surface area contributed by atoms with Gasteiger partial charge in [0.25, 0.3) is 5.56 Å². The Morgan fingerprint density at radius 3 is 2.42 bits per heavy atom. The highest BCUT2D eigenvalue weighted by atomic mass is 19.4. The first-order valence-electron chi connectivity index (χ1n) is 9.28. The molecule has 31 heavy (non-hydrogen) atoms. The number of hydrogen-bond donors (Lipinski definition) is 3. The smallest absolute Gasteiger partial charge is 0.397 e. The first-order valence-corrected chi connectivity index (χ1v) is 9.28. The summed E-state index contributed by atoms with van der Waals surface area (Å²) in [5.41, 5.74) is 5.97. The summed E-state index contributed by atoms with van der Waals surface area (Å²) in [6.07, 6.45) is -4.72. The molecule has 0 unspecified atom stereocenters. The second kappa shape index (κ2) is 6.46. The lowest BCUT2D eigenvalue weighted by atomic mass is 10.1. The van der Waals surface area contributed by atoms with Gasteiger partial charge < -0.3 is 10.7 Å². The number of aromatic amines is 2. The predicted molar refractivity (Wildman–Crippen MR) is 110 cm³/mol. The van der Waals surface area contributed by atoms with Crippen LogP contribution in [0.1, 0.15) is 11.4 Å². The number of fused-ring (bicyclic) bond motifs is 2. The molecule has 156 valence electrons. The molecular formula is C21H15F3N6O. The van der Waals surface area contributed by atoms with Gasteiger partial charge in [0.05, 0.1) is 22.5 Å².